The zero-order valence-corrected chi connectivity index (χ0v) is 12.2. The lowest BCUT2D eigenvalue weighted by Gasteiger charge is -2.10. The fraction of sp³-hybridized carbons (Fsp3) is 0.118. The highest BCUT2D eigenvalue weighted by molar-refractivity contribution is 5.77. The van der Waals surface area contributed by atoms with E-state index in [1.165, 1.54) is 15.3 Å². The van der Waals surface area contributed by atoms with E-state index in [1.807, 2.05) is 18.2 Å². The first-order valence-electron chi connectivity index (χ1n) is 6.89. The Bertz CT molecular complexity index is 966. The Morgan fingerprint density at radius 3 is 2.59 bits per heavy atom. The maximum atomic E-state index is 12.6. The summed E-state index contributed by atoms with van der Waals surface area (Å²) < 4.78 is 2.61. The number of fused-ring (bicyclic) bond motifs is 1. The van der Waals surface area contributed by atoms with E-state index in [1.54, 1.807) is 31.4 Å². The maximum absolute atomic E-state index is 12.6. The molecule has 0 atom stereocenters. The van der Waals surface area contributed by atoms with E-state index in [2.05, 4.69) is 11.6 Å². The van der Waals surface area contributed by atoms with Gasteiger partial charge in [-0.25, -0.2) is 9.36 Å². The van der Waals surface area contributed by atoms with Crippen LogP contribution in [0.25, 0.3) is 16.6 Å². The minimum Gasteiger partial charge on any atom is -0.294 e. The molecule has 5 nitrogen and oxygen atoms in total. The molecule has 0 N–H and O–H groups in total. The van der Waals surface area contributed by atoms with E-state index in [0.29, 0.717) is 16.6 Å². The molecule has 110 valence electrons. The lowest BCUT2D eigenvalue weighted by atomic mass is 10.1. The number of hydrogen-bond acceptors (Lipinski definition) is 3. The first kappa shape index (κ1) is 14.0. The third-order valence-corrected chi connectivity index (χ3v) is 3.65. The SMILES string of the molecule is C=CCc1ccc(-n2c(=O)c3ccncc3n(C)c2=O)cc1. The quantitative estimate of drug-likeness (QED) is 0.692. The summed E-state index contributed by atoms with van der Waals surface area (Å²) in [5.74, 6) is 0. The Labute approximate surface area is 126 Å². The molecule has 0 radical (unpaired) electrons. The predicted molar refractivity (Wildman–Crippen MR) is 86.5 cm³/mol. The number of benzene rings is 1. The average molecular weight is 293 g/mol. The highest BCUT2D eigenvalue weighted by Crippen LogP contribution is 2.10. The lowest BCUT2D eigenvalue weighted by Crippen LogP contribution is -2.37. The van der Waals surface area contributed by atoms with Crippen molar-refractivity contribution in [3.05, 3.63) is 81.8 Å². The van der Waals surface area contributed by atoms with E-state index in [4.69, 9.17) is 0 Å². The molecule has 3 rings (SSSR count). The molecule has 0 saturated heterocycles. The first-order chi connectivity index (χ1) is 10.6. The molecule has 0 aliphatic carbocycles. The van der Waals surface area contributed by atoms with Gasteiger partial charge >= 0.3 is 5.69 Å². The van der Waals surface area contributed by atoms with Gasteiger partial charge in [0.2, 0.25) is 0 Å². The van der Waals surface area contributed by atoms with Gasteiger partial charge < -0.3 is 0 Å². The van der Waals surface area contributed by atoms with Crippen LogP contribution in [0, 0.1) is 0 Å². The van der Waals surface area contributed by atoms with E-state index >= 15 is 0 Å². The summed E-state index contributed by atoms with van der Waals surface area (Å²) in [6, 6.07) is 8.95. The van der Waals surface area contributed by atoms with Crippen LogP contribution in [0.5, 0.6) is 0 Å². The second-order valence-electron chi connectivity index (χ2n) is 5.03. The minimum absolute atomic E-state index is 0.336. The maximum Gasteiger partial charge on any atom is 0.335 e. The summed E-state index contributed by atoms with van der Waals surface area (Å²) in [6.07, 6.45) is 5.63. The van der Waals surface area contributed by atoms with E-state index in [9.17, 15) is 9.59 Å². The van der Waals surface area contributed by atoms with Gasteiger partial charge in [0.05, 0.1) is 22.8 Å². The average Bonchev–Trinajstić information content (AvgIpc) is 2.55. The first-order valence-corrected chi connectivity index (χ1v) is 6.89. The molecule has 3 aromatic rings. The van der Waals surface area contributed by atoms with Crippen LogP contribution in [0.15, 0.2) is 65.0 Å². The monoisotopic (exact) mass is 293 g/mol. The number of pyridine rings is 1. The molecule has 2 heterocycles. The van der Waals surface area contributed by atoms with Crippen LogP contribution in [-0.4, -0.2) is 14.1 Å². The summed E-state index contributed by atoms with van der Waals surface area (Å²) in [6.45, 7) is 3.70. The molecule has 0 aliphatic rings. The van der Waals surface area contributed by atoms with Gasteiger partial charge in [-0.15, -0.1) is 6.58 Å². The third-order valence-electron chi connectivity index (χ3n) is 3.65. The standard InChI is InChI=1S/C17H15N3O2/c1-3-4-12-5-7-13(8-6-12)20-16(21)14-9-10-18-11-15(14)19(2)17(20)22/h3,5-11H,1,4H2,2H3. The van der Waals surface area contributed by atoms with Crippen LogP contribution in [0.1, 0.15) is 5.56 Å². The molecular formula is C17H15N3O2. The second kappa shape index (κ2) is 5.44. The molecule has 2 aromatic heterocycles. The summed E-state index contributed by atoms with van der Waals surface area (Å²) in [7, 11) is 1.63. The second-order valence-corrected chi connectivity index (χ2v) is 5.03. The Hall–Kier alpha value is -2.95. The third kappa shape index (κ3) is 2.16. The van der Waals surface area contributed by atoms with Crippen LogP contribution >= 0.6 is 0 Å². The number of aryl methyl sites for hydroxylation is 1. The Balaban J connectivity index is 2.29. The van der Waals surface area contributed by atoms with E-state index < -0.39 is 0 Å². The molecule has 0 amide bonds. The van der Waals surface area contributed by atoms with Crippen molar-refractivity contribution in [1.29, 1.82) is 0 Å². The zero-order valence-electron chi connectivity index (χ0n) is 12.2. The molecule has 1 aromatic carbocycles. The van der Waals surface area contributed by atoms with Crippen molar-refractivity contribution in [2.24, 2.45) is 7.05 Å². The Morgan fingerprint density at radius 1 is 1.18 bits per heavy atom. The number of aromatic nitrogens is 3. The fourth-order valence-electron chi connectivity index (χ4n) is 2.47. The zero-order chi connectivity index (χ0) is 15.7. The largest absolute Gasteiger partial charge is 0.335 e. The van der Waals surface area contributed by atoms with Gasteiger partial charge in [0.1, 0.15) is 0 Å². The van der Waals surface area contributed by atoms with E-state index in [-0.39, 0.29) is 11.2 Å². The normalized spacial score (nSPS) is 10.8. The van der Waals surface area contributed by atoms with Crippen molar-refractivity contribution < 1.29 is 0 Å². The van der Waals surface area contributed by atoms with Crippen molar-refractivity contribution >= 4 is 10.9 Å². The van der Waals surface area contributed by atoms with Crippen LogP contribution in [0.4, 0.5) is 0 Å². The number of allylic oxidation sites excluding steroid dienone is 1. The van der Waals surface area contributed by atoms with Gasteiger partial charge in [0.15, 0.2) is 0 Å². The van der Waals surface area contributed by atoms with Crippen molar-refractivity contribution in [3.8, 4) is 5.69 Å². The molecule has 0 spiro atoms. The molecule has 0 bridgehead atoms. The van der Waals surface area contributed by atoms with Crippen molar-refractivity contribution in [1.82, 2.24) is 14.1 Å². The fourth-order valence-corrected chi connectivity index (χ4v) is 2.47. The summed E-state index contributed by atoms with van der Waals surface area (Å²) in [5.41, 5.74) is 1.43. The molecule has 0 unspecified atom stereocenters. The molecule has 5 heteroatoms. The Kier molecular flexibility index (Phi) is 3.47. The molecule has 0 saturated carbocycles. The summed E-state index contributed by atoms with van der Waals surface area (Å²) in [5, 5.41) is 0.465. The summed E-state index contributed by atoms with van der Waals surface area (Å²) in [4.78, 5) is 29.1. The van der Waals surface area contributed by atoms with Gasteiger partial charge in [-0.05, 0) is 30.2 Å². The van der Waals surface area contributed by atoms with Crippen LogP contribution < -0.4 is 11.2 Å². The number of nitrogens with zero attached hydrogens (tertiary/aromatic N) is 3. The lowest BCUT2D eigenvalue weighted by molar-refractivity contribution is 0.772. The van der Waals surface area contributed by atoms with E-state index in [0.717, 1.165) is 12.0 Å². The number of rotatable bonds is 3. The Morgan fingerprint density at radius 2 is 1.91 bits per heavy atom. The van der Waals surface area contributed by atoms with Gasteiger partial charge in [-0.2, -0.15) is 0 Å². The minimum atomic E-state index is -0.387. The van der Waals surface area contributed by atoms with Crippen molar-refractivity contribution in [2.75, 3.05) is 0 Å². The molecule has 22 heavy (non-hydrogen) atoms. The van der Waals surface area contributed by atoms with Gasteiger partial charge in [0, 0.05) is 13.2 Å². The predicted octanol–water partition coefficient (Wildman–Crippen LogP) is 1.81. The molecule has 0 fully saturated rings. The summed E-state index contributed by atoms with van der Waals surface area (Å²) >= 11 is 0. The van der Waals surface area contributed by atoms with Crippen LogP contribution in [-0.2, 0) is 13.5 Å². The van der Waals surface area contributed by atoms with Crippen LogP contribution in [0.2, 0.25) is 0 Å². The van der Waals surface area contributed by atoms with Gasteiger partial charge in [-0.1, -0.05) is 18.2 Å². The van der Waals surface area contributed by atoms with Gasteiger partial charge in [-0.3, -0.25) is 14.3 Å². The highest BCUT2D eigenvalue weighted by atomic mass is 16.2. The van der Waals surface area contributed by atoms with Gasteiger partial charge in [0.25, 0.3) is 5.56 Å². The highest BCUT2D eigenvalue weighted by Gasteiger charge is 2.12. The topological polar surface area (TPSA) is 56.9 Å². The number of hydrogen-bond donors (Lipinski definition) is 0. The molecular weight excluding hydrogens is 278 g/mol. The van der Waals surface area contributed by atoms with Crippen molar-refractivity contribution in [3.63, 3.8) is 0 Å². The molecule has 0 aliphatic heterocycles. The van der Waals surface area contributed by atoms with Crippen LogP contribution in [0.3, 0.4) is 0 Å². The van der Waals surface area contributed by atoms with Crippen molar-refractivity contribution in [2.45, 2.75) is 6.42 Å². The smallest absolute Gasteiger partial charge is 0.294 e.